The molecule has 5 nitrogen and oxygen atoms in total. The summed E-state index contributed by atoms with van der Waals surface area (Å²) in [7, 11) is 0. The van der Waals surface area contributed by atoms with Crippen molar-refractivity contribution in [2.24, 2.45) is 0 Å². The van der Waals surface area contributed by atoms with Gasteiger partial charge in [-0.25, -0.2) is 0 Å². The Balaban J connectivity index is 1.94. The minimum atomic E-state index is -0.597. The fourth-order valence-electron chi connectivity index (χ4n) is 4.10. The van der Waals surface area contributed by atoms with E-state index in [1.165, 1.54) is 12.0 Å². The molecule has 1 atom stereocenters. The van der Waals surface area contributed by atoms with Gasteiger partial charge in [-0.1, -0.05) is 58.2 Å². The molecule has 0 bridgehead atoms. The summed E-state index contributed by atoms with van der Waals surface area (Å²) in [5.74, 6) is -0.0648. The molecule has 1 aliphatic rings. The fraction of sp³-hybridized carbons (Fsp3) is 0.480. The van der Waals surface area contributed by atoms with Gasteiger partial charge in [0.05, 0.1) is 6.07 Å². The number of anilines is 1. The molecule has 1 aromatic heterocycles. The van der Waals surface area contributed by atoms with Crippen LogP contribution in [-0.4, -0.2) is 23.5 Å². The van der Waals surface area contributed by atoms with Crippen molar-refractivity contribution in [3.63, 3.8) is 0 Å². The summed E-state index contributed by atoms with van der Waals surface area (Å²) < 4.78 is 0. The largest absolute Gasteiger partial charge is 0.351 e. The van der Waals surface area contributed by atoms with E-state index in [9.17, 15) is 10.1 Å². The Morgan fingerprint density at radius 1 is 1.20 bits per heavy atom. The van der Waals surface area contributed by atoms with Crippen molar-refractivity contribution in [3.05, 3.63) is 59.9 Å². The van der Waals surface area contributed by atoms with Gasteiger partial charge < -0.3 is 10.2 Å². The zero-order valence-corrected chi connectivity index (χ0v) is 18.3. The number of nitrogens with zero attached hydrogens (tertiary/aromatic N) is 3. The Morgan fingerprint density at radius 2 is 1.90 bits per heavy atom. The predicted octanol–water partition coefficient (Wildman–Crippen LogP) is 4.90. The average molecular weight is 405 g/mol. The lowest BCUT2D eigenvalue weighted by atomic mass is 9.87. The highest BCUT2D eigenvalue weighted by Crippen LogP contribution is 2.30. The van der Waals surface area contributed by atoms with Gasteiger partial charge in [-0.3, -0.25) is 9.78 Å². The van der Waals surface area contributed by atoms with E-state index in [1.807, 2.05) is 29.2 Å². The van der Waals surface area contributed by atoms with Crippen LogP contribution in [0.5, 0.6) is 0 Å². The Hall–Kier alpha value is -2.87. The highest BCUT2D eigenvalue weighted by Gasteiger charge is 2.30. The fourth-order valence-corrected chi connectivity index (χ4v) is 4.10. The third-order valence-electron chi connectivity index (χ3n) is 5.82. The van der Waals surface area contributed by atoms with Gasteiger partial charge in [0.1, 0.15) is 12.6 Å². The van der Waals surface area contributed by atoms with Crippen LogP contribution in [-0.2, 0) is 10.2 Å². The Morgan fingerprint density at radius 3 is 2.47 bits per heavy atom. The topological polar surface area (TPSA) is 69.0 Å². The van der Waals surface area contributed by atoms with Crippen LogP contribution in [0.2, 0.25) is 0 Å². The second-order valence-corrected chi connectivity index (χ2v) is 9.12. The SMILES string of the molecule is CC(C)(C)c1ccc(N(CC#N)C(C(=O)NC2CCCCC2)c2cccnc2)cc1. The Kier molecular flexibility index (Phi) is 7.10. The molecule has 158 valence electrons. The lowest BCUT2D eigenvalue weighted by Gasteiger charge is -2.33. The maximum Gasteiger partial charge on any atom is 0.247 e. The van der Waals surface area contributed by atoms with Gasteiger partial charge in [0, 0.05) is 29.7 Å². The first kappa shape index (κ1) is 21.8. The number of carbonyl (C=O) groups is 1. The molecule has 1 amide bonds. The van der Waals surface area contributed by atoms with Crippen molar-refractivity contribution in [2.75, 3.05) is 11.4 Å². The zero-order chi connectivity index (χ0) is 21.6. The number of hydrogen-bond acceptors (Lipinski definition) is 4. The van der Waals surface area contributed by atoms with Gasteiger partial charge >= 0.3 is 0 Å². The number of benzene rings is 1. The predicted molar refractivity (Wildman–Crippen MR) is 120 cm³/mol. The van der Waals surface area contributed by atoms with Gasteiger partial charge in [0.25, 0.3) is 0 Å². The van der Waals surface area contributed by atoms with E-state index >= 15 is 0 Å². The molecule has 30 heavy (non-hydrogen) atoms. The van der Waals surface area contributed by atoms with E-state index in [2.05, 4.69) is 49.3 Å². The van der Waals surface area contributed by atoms with Crippen molar-refractivity contribution >= 4 is 11.6 Å². The van der Waals surface area contributed by atoms with Crippen LogP contribution in [0.25, 0.3) is 0 Å². The number of aromatic nitrogens is 1. The zero-order valence-electron chi connectivity index (χ0n) is 18.3. The van der Waals surface area contributed by atoms with Crippen LogP contribution in [0.3, 0.4) is 0 Å². The molecule has 1 saturated carbocycles. The molecule has 1 aromatic carbocycles. The average Bonchev–Trinajstić information content (AvgIpc) is 2.74. The monoisotopic (exact) mass is 404 g/mol. The smallest absolute Gasteiger partial charge is 0.247 e. The van der Waals surface area contributed by atoms with E-state index in [1.54, 1.807) is 12.4 Å². The van der Waals surface area contributed by atoms with Crippen LogP contribution in [0.15, 0.2) is 48.8 Å². The molecule has 0 radical (unpaired) electrons. The first-order valence-electron chi connectivity index (χ1n) is 10.8. The standard InChI is InChI=1S/C25H32N4O/c1-25(2,3)20-11-13-22(14-12-20)29(17-15-26)23(19-8-7-16-27-18-19)24(30)28-21-9-5-4-6-10-21/h7-8,11-14,16,18,21,23H,4-6,9-10,17H2,1-3H3,(H,28,30). The minimum Gasteiger partial charge on any atom is -0.351 e. The van der Waals surface area contributed by atoms with Crippen molar-refractivity contribution in [1.29, 1.82) is 5.26 Å². The normalized spacial score (nSPS) is 15.8. The van der Waals surface area contributed by atoms with Crippen LogP contribution in [0, 0.1) is 11.3 Å². The first-order chi connectivity index (χ1) is 14.4. The van der Waals surface area contributed by atoms with Gasteiger partial charge in [-0.15, -0.1) is 0 Å². The molecule has 1 fully saturated rings. The summed E-state index contributed by atoms with van der Waals surface area (Å²) >= 11 is 0. The third kappa shape index (κ3) is 5.38. The molecule has 1 heterocycles. The maximum absolute atomic E-state index is 13.4. The second kappa shape index (κ2) is 9.75. The lowest BCUT2D eigenvalue weighted by molar-refractivity contribution is -0.123. The highest BCUT2D eigenvalue weighted by atomic mass is 16.2. The molecule has 5 heteroatoms. The van der Waals surface area contributed by atoms with Gasteiger partial charge in [0.15, 0.2) is 0 Å². The van der Waals surface area contributed by atoms with E-state index in [-0.39, 0.29) is 23.9 Å². The third-order valence-corrected chi connectivity index (χ3v) is 5.82. The van der Waals surface area contributed by atoms with E-state index in [0.29, 0.717) is 0 Å². The summed E-state index contributed by atoms with van der Waals surface area (Å²) in [6, 6.07) is 13.8. The number of amides is 1. The number of nitrogens with one attached hydrogen (secondary N) is 1. The van der Waals surface area contributed by atoms with E-state index < -0.39 is 6.04 Å². The molecule has 1 aliphatic carbocycles. The molecule has 0 aliphatic heterocycles. The summed E-state index contributed by atoms with van der Waals surface area (Å²) in [5, 5.41) is 12.8. The quantitative estimate of drug-likeness (QED) is 0.695. The summed E-state index contributed by atoms with van der Waals surface area (Å²) in [6.07, 6.45) is 9.00. The number of pyridine rings is 1. The van der Waals surface area contributed by atoms with Crippen LogP contribution in [0.1, 0.15) is 70.0 Å². The summed E-state index contributed by atoms with van der Waals surface area (Å²) in [6.45, 7) is 6.63. The number of carbonyl (C=O) groups excluding carboxylic acids is 1. The molecular formula is C25H32N4O. The molecule has 1 N–H and O–H groups in total. The van der Waals surface area contributed by atoms with Gasteiger partial charge in [-0.2, -0.15) is 5.26 Å². The maximum atomic E-state index is 13.4. The Labute approximate surface area is 180 Å². The van der Waals surface area contributed by atoms with Crippen LogP contribution < -0.4 is 10.2 Å². The minimum absolute atomic E-state index is 0.0414. The van der Waals surface area contributed by atoms with E-state index in [4.69, 9.17) is 0 Å². The van der Waals surface area contributed by atoms with Crippen molar-refractivity contribution < 1.29 is 4.79 Å². The van der Waals surface area contributed by atoms with Crippen molar-refractivity contribution in [2.45, 2.75) is 70.4 Å². The summed E-state index contributed by atoms with van der Waals surface area (Å²) in [5.41, 5.74) is 2.91. The molecule has 1 unspecified atom stereocenters. The lowest BCUT2D eigenvalue weighted by Crippen LogP contribution is -2.45. The van der Waals surface area contributed by atoms with E-state index in [0.717, 1.165) is 36.9 Å². The van der Waals surface area contributed by atoms with Crippen LogP contribution >= 0.6 is 0 Å². The number of hydrogen-bond donors (Lipinski definition) is 1. The van der Waals surface area contributed by atoms with Crippen molar-refractivity contribution in [3.8, 4) is 6.07 Å². The summed E-state index contributed by atoms with van der Waals surface area (Å²) in [4.78, 5) is 19.5. The van der Waals surface area contributed by atoms with Gasteiger partial charge in [-0.05, 0) is 42.0 Å². The molecular weight excluding hydrogens is 372 g/mol. The number of rotatable bonds is 6. The van der Waals surface area contributed by atoms with Crippen molar-refractivity contribution in [1.82, 2.24) is 10.3 Å². The second-order valence-electron chi connectivity index (χ2n) is 9.12. The first-order valence-corrected chi connectivity index (χ1v) is 10.8. The number of nitriles is 1. The molecule has 0 spiro atoms. The molecule has 2 aromatic rings. The molecule has 3 rings (SSSR count). The van der Waals surface area contributed by atoms with Gasteiger partial charge in [0.2, 0.25) is 5.91 Å². The Bertz CT molecular complexity index is 859. The molecule has 0 saturated heterocycles. The van der Waals surface area contributed by atoms with Crippen LogP contribution in [0.4, 0.5) is 5.69 Å². The highest BCUT2D eigenvalue weighted by molar-refractivity contribution is 5.87.